The van der Waals surface area contributed by atoms with Gasteiger partial charge < -0.3 is 9.47 Å². The van der Waals surface area contributed by atoms with Gasteiger partial charge in [0.05, 0.1) is 5.69 Å². The smallest absolute Gasteiger partial charge is 0.270 e. The fourth-order valence-corrected chi connectivity index (χ4v) is 4.45. The molecule has 2 saturated heterocycles. The fraction of sp³-hybridized carbons (Fsp3) is 0.500. The van der Waals surface area contributed by atoms with E-state index in [2.05, 4.69) is 26.9 Å². The zero-order valence-electron chi connectivity index (χ0n) is 14.9. The predicted octanol–water partition coefficient (Wildman–Crippen LogP) is 2.55. The third kappa shape index (κ3) is 3.33. The Bertz CT molecular complexity index is 741. The summed E-state index contributed by atoms with van der Waals surface area (Å²) in [6.45, 7) is 4.87. The molecule has 0 unspecified atom stereocenters. The second kappa shape index (κ2) is 6.64. The van der Waals surface area contributed by atoms with Crippen LogP contribution in [0.15, 0.2) is 42.7 Å². The summed E-state index contributed by atoms with van der Waals surface area (Å²) in [6.07, 6.45) is 7.35. The summed E-state index contributed by atoms with van der Waals surface area (Å²) in [5, 5.41) is 0. The minimum Gasteiger partial charge on any atom is -0.347 e. The molecule has 1 amide bonds. The number of aromatic nitrogens is 2. The lowest BCUT2D eigenvalue weighted by molar-refractivity contribution is 0.0665. The molecule has 5 nitrogen and oxygen atoms in total. The van der Waals surface area contributed by atoms with Crippen LogP contribution >= 0.6 is 0 Å². The van der Waals surface area contributed by atoms with Crippen molar-refractivity contribution in [2.24, 2.45) is 12.5 Å². The van der Waals surface area contributed by atoms with Crippen LogP contribution in [0.25, 0.3) is 0 Å². The molecule has 2 aliphatic heterocycles. The molecule has 5 heteroatoms. The Morgan fingerprint density at radius 2 is 2.08 bits per heavy atom. The number of pyridine rings is 1. The standard InChI is InChI=1S/C20H26N4O/c1-22-11-4-7-18(22)19(25)24-13-9-20(16-24)8-5-12-23(15-20)14-17-6-2-3-10-21-17/h2-4,6-7,10-11H,5,8-9,12-16H2,1H3/t20-/m1/s1. The minimum atomic E-state index is 0.172. The highest BCUT2D eigenvalue weighted by Gasteiger charge is 2.43. The molecule has 132 valence electrons. The maximum absolute atomic E-state index is 12.8. The topological polar surface area (TPSA) is 41.4 Å². The van der Waals surface area contributed by atoms with E-state index in [0.717, 1.165) is 50.5 Å². The zero-order chi connectivity index (χ0) is 17.3. The number of carbonyl (C=O) groups is 1. The van der Waals surface area contributed by atoms with Gasteiger partial charge in [0.1, 0.15) is 5.69 Å². The summed E-state index contributed by atoms with van der Waals surface area (Å²) in [7, 11) is 1.94. The molecule has 2 aliphatic rings. The van der Waals surface area contributed by atoms with Gasteiger partial charge in [-0.25, -0.2) is 0 Å². The van der Waals surface area contributed by atoms with Gasteiger partial charge >= 0.3 is 0 Å². The van der Waals surface area contributed by atoms with Crippen molar-refractivity contribution in [3.8, 4) is 0 Å². The molecule has 0 aromatic carbocycles. The van der Waals surface area contributed by atoms with Gasteiger partial charge in [-0.05, 0) is 50.1 Å². The molecule has 25 heavy (non-hydrogen) atoms. The molecule has 1 atom stereocenters. The summed E-state index contributed by atoms with van der Waals surface area (Å²) in [4.78, 5) is 21.8. The summed E-state index contributed by atoms with van der Waals surface area (Å²) < 4.78 is 1.92. The van der Waals surface area contributed by atoms with E-state index in [9.17, 15) is 4.79 Å². The van der Waals surface area contributed by atoms with Gasteiger partial charge in [-0.1, -0.05) is 6.07 Å². The number of amides is 1. The number of piperidine rings is 1. The summed E-state index contributed by atoms with van der Waals surface area (Å²) in [5.41, 5.74) is 2.18. The van der Waals surface area contributed by atoms with E-state index in [1.807, 2.05) is 42.2 Å². The van der Waals surface area contributed by atoms with E-state index in [1.165, 1.54) is 12.8 Å². The molecule has 2 aromatic rings. The molecular formula is C20H26N4O. The van der Waals surface area contributed by atoms with Gasteiger partial charge in [0.25, 0.3) is 5.91 Å². The maximum atomic E-state index is 12.8. The number of nitrogens with zero attached hydrogens (tertiary/aromatic N) is 4. The average Bonchev–Trinajstić information content (AvgIpc) is 3.22. The number of carbonyl (C=O) groups excluding carboxylic acids is 1. The van der Waals surface area contributed by atoms with Crippen molar-refractivity contribution in [1.82, 2.24) is 19.4 Å². The molecule has 2 aromatic heterocycles. The molecule has 0 radical (unpaired) electrons. The SMILES string of the molecule is Cn1cccc1C(=O)N1CC[C@@]2(CCCN(Cc3ccccn3)C2)C1. The first-order valence-corrected chi connectivity index (χ1v) is 9.18. The van der Waals surface area contributed by atoms with Crippen LogP contribution in [0.1, 0.15) is 35.4 Å². The van der Waals surface area contributed by atoms with E-state index in [4.69, 9.17) is 0 Å². The third-order valence-corrected chi connectivity index (χ3v) is 5.74. The largest absolute Gasteiger partial charge is 0.347 e. The Morgan fingerprint density at radius 3 is 2.84 bits per heavy atom. The van der Waals surface area contributed by atoms with Crippen molar-refractivity contribution < 1.29 is 4.79 Å². The molecule has 0 bridgehead atoms. The van der Waals surface area contributed by atoms with E-state index in [0.29, 0.717) is 0 Å². The van der Waals surface area contributed by atoms with Crippen LogP contribution in [-0.2, 0) is 13.6 Å². The Kier molecular flexibility index (Phi) is 4.34. The number of aryl methyl sites for hydroxylation is 1. The molecule has 1 spiro atoms. The first-order chi connectivity index (χ1) is 12.2. The molecule has 2 fully saturated rings. The number of rotatable bonds is 3. The summed E-state index contributed by atoms with van der Waals surface area (Å²) in [5.74, 6) is 0.172. The van der Waals surface area contributed by atoms with Crippen molar-refractivity contribution in [1.29, 1.82) is 0 Å². The normalized spacial score (nSPS) is 24.1. The fourth-order valence-electron chi connectivity index (χ4n) is 4.45. The van der Waals surface area contributed by atoms with Gasteiger partial charge in [0, 0.05) is 51.0 Å². The Balaban J connectivity index is 1.42. The van der Waals surface area contributed by atoms with Crippen LogP contribution in [0.5, 0.6) is 0 Å². The second-order valence-electron chi connectivity index (χ2n) is 7.62. The lowest BCUT2D eigenvalue weighted by Crippen LogP contribution is -2.45. The highest BCUT2D eigenvalue weighted by Crippen LogP contribution is 2.39. The van der Waals surface area contributed by atoms with Crippen LogP contribution in [0.2, 0.25) is 0 Å². The van der Waals surface area contributed by atoms with Gasteiger partial charge in [-0.2, -0.15) is 0 Å². The number of likely N-dealkylation sites (tertiary alicyclic amines) is 2. The van der Waals surface area contributed by atoms with Crippen LogP contribution in [0, 0.1) is 5.41 Å². The molecule has 0 aliphatic carbocycles. The summed E-state index contributed by atoms with van der Waals surface area (Å²) in [6, 6.07) is 9.97. The van der Waals surface area contributed by atoms with E-state index in [-0.39, 0.29) is 11.3 Å². The van der Waals surface area contributed by atoms with Gasteiger partial charge in [0.15, 0.2) is 0 Å². The lowest BCUT2D eigenvalue weighted by atomic mass is 9.79. The monoisotopic (exact) mass is 338 g/mol. The number of hydrogen-bond donors (Lipinski definition) is 0. The minimum absolute atomic E-state index is 0.172. The first-order valence-electron chi connectivity index (χ1n) is 9.18. The van der Waals surface area contributed by atoms with Crippen LogP contribution in [0.4, 0.5) is 0 Å². The second-order valence-corrected chi connectivity index (χ2v) is 7.62. The van der Waals surface area contributed by atoms with Crippen LogP contribution in [0.3, 0.4) is 0 Å². The van der Waals surface area contributed by atoms with Crippen molar-refractivity contribution >= 4 is 5.91 Å². The molecule has 4 heterocycles. The predicted molar refractivity (Wildman–Crippen MR) is 97.1 cm³/mol. The van der Waals surface area contributed by atoms with Gasteiger partial charge in [-0.3, -0.25) is 14.7 Å². The number of hydrogen-bond acceptors (Lipinski definition) is 3. The maximum Gasteiger partial charge on any atom is 0.270 e. The van der Waals surface area contributed by atoms with Crippen molar-refractivity contribution in [2.75, 3.05) is 26.2 Å². The molecule has 0 saturated carbocycles. The molecule has 4 rings (SSSR count). The van der Waals surface area contributed by atoms with E-state index in [1.54, 1.807) is 0 Å². The van der Waals surface area contributed by atoms with Gasteiger partial charge in [0.2, 0.25) is 0 Å². The quantitative estimate of drug-likeness (QED) is 0.864. The lowest BCUT2D eigenvalue weighted by Gasteiger charge is -2.40. The Morgan fingerprint density at radius 1 is 1.16 bits per heavy atom. The van der Waals surface area contributed by atoms with Crippen molar-refractivity contribution in [3.63, 3.8) is 0 Å². The van der Waals surface area contributed by atoms with Crippen molar-refractivity contribution in [2.45, 2.75) is 25.8 Å². The highest BCUT2D eigenvalue weighted by molar-refractivity contribution is 5.93. The zero-order valence-corrected chi connectivity index (χ0v) is 14.9. The Hall–Kier alpha value is -2.14. The van der Waals surface area contributed by atoms with Gasteiger partial charge in [-0.15, -0.1) is 0 Å². The molecule has 0 N–H and O–H groups in total. The van der Waals surface area contributed by atoms with E-state index < -0.39 is 0 Å². The molecular weight excluding hydrogens is 312 g/mol. The van der Waals surface area contributed by atoms with E-state index >= 15 is 0 Å². The average molecular weight is 338 g/mol. The highest BCUT2D eigenvalue weighted by atomic mass is 16.2. The third-order valence-electron chi connectivity index (χ3n) is 5.74. The van der Waals surface area contributed by atoms with Crippen molar-refractivity contribution in [3.05, 3.63) is 54.1 Å². The van der Waals surface area contributed by atoms with Crippen LogP contribution < -0.4 is 0 Å². The van der Waals surface area contributed by atoms with Crippen LogP contribution in [-0.4, -0.2) is 51.4 Å². The first kappa shape index (κ1) is 16.3. The Labute approximate surface area is 149 Å². The summed E-state index contributed by atoms with van der Waals surface area (Å²) >= 11 is 0.